The summed E-state index contributed by atoms with van der Waals surface area (Å²) < 4.78 is 34.2. The maximum Gasteiger partial charge on any atom is 0.179 e. The molecule has 1 aromatic rings. The lowest BCUT2D eigenvalue weighted by molar-refractivity contribution is 0.372. The van der Waals surface area contributed by atoms with Crippen LogP contribution in [0.1, 0.15) is 19.4 Å². The number of rotatable bonds is 4. The van der Waals surface area contributed by atoms with Crippen LogP contribution in [0.4, 0.5) is 0 Å². The summed E-state index contributed by atoms with van der Waals surface area (Å²) in [5.74, 6) is 0.704. The van der Waals surface area contributed by atoms with Crippen LogP contribution in [0.15, 0.2) is 17.0 Å². The monoisotopic (exact) mass is 273 g/mol. The first-order valence-electron chi connectivity index (χ1n) is 5.37. The molecule has 0 aliphatic carbocycles. The molecule has 0 unspecified atom stereocenters. The molecular weight excluding hydrogens is 254 g/mol. The van der Waals surface area contributed by atoms with Crippen molar-refractivity contribution in [3.05, 3.63) is 17.7 Å². The smallest absolute Gasteiger partial charge is 0.179 e. The second-order valence-electron chi connectivity index (χ2n) is 4.67. The molecule has 2 N–H and O–H groups in total. The highest BCUT2D eigenvalue weighted by Crippen LogP contribution is 2.39. The minimum Gasteiger partial charge on any atom is -0.496 e. The summed E-state index contributed by atoms with van der Waals surface area (Å²) in [5.41, 5.74) is 5.61. The van der Waals surface area contributed by atoms with E-state index < -0.39 is 15.4 Å². The molecule has 0 bridgehead atoms. The van der Waals surface area contributed by atoms with Crippen LogP contribution in [-0.2, 0) is 15.4 Å². The van der Waals surface area contributed by atoms with E-state index in [9.17, 15) is 8.42 Å². The van der Waals surface area contributed by atoms with Gasteiger partial charge in [-0.05, 0) is 26.0 Å². The van der Waals surface area contributed by atoms with Gasteiger partial charge in [0.2, 0.25) is 0 Å². The number of nitrogens with two attached hydrogens (primary N) is 1. The zero-order valence-corrected chi connectivity index (χ0v) is 12.1. The fourth-order valence-electron chi connectivity index (χ4n) is 1.85. The molecule has 0 heterocycles. The Labute approximate surface area is 108 Å². The van der Waals surface area contributed by atoms with Crippen molar-refractivity contribution in [3.8, 4) is 11.5 Å². The van der Waals surface area contributed by atoms with Crippen molar-refractivity contribution in [2.45, 2.75) is 24.3 Å². The van der Waals surface area contributed by atoms with Crippen molar-refractivity contribution >= 4 is 9.84 Å². The minimum absolute atomic E-state index is 0.0804. The maximum absolute atomic E-state index is 12.0. The zero-order valence-electron chi connectivity index (χ0n) is 11.3. The number of ether oxygens (including phenoxy) is 2. The largest absolute Gasteiger partial charge is 0.496 e. The zero-order chi connectivity index (χ0) is 14.1. The van der Waals surface area contributed by atoms with Gasteiger partial charge in [0.15, 0.2) is 9.84 Å². The second-order valence-corrected chi connectivity index (χ2v) is 6.62. The van der Waals surface area contributed by atoms with Crippen molar-refractivity contribution in [2.24, 2.45) is 5.73 Å². The van der Waals surface area contributed by atoms with E-state index in [0.29, 0.717) is 11.3 Å². The second kappa shape index (κ2) is 4.78. The van der Waals surface area contributed by atoms with Crippen molar-refractivity contribution in [1.29, 1.82) is 0 Å². The van der Waals surface area contributed by atoms with Gasteiger partial charge in [-0.1, -0.05) is 0 Å². The molecule has 0 spiro atoms. The Morgan fingerprint density at radius 2 is 1.56 bits per heavy atom. The topological polar surface area (TPSA) is 78.6 Å². The molecule has 0 fully saturated rings. The first-order chi connectivity index (χ1) is 8.12. The molecule has 5 nitrogen and oxygen atoms in total. The first-order valence-corrected chi connectivity index (χ1v) is 7.26. The third-order valence-corrected chi connectivity index (χ3v) is 3.69. The number of hydrogen-bond acceptors (Lipinski definition) is 5. The van der Waals surface area contributed by atoms with Gasteiger partial charge in [-0.25, -0.2) is 8.42 Å². The van der Waals surface area contributed by atoms with Crippen molar-refractivity contribution in [1.82, 2.24) is 0 Å². The first kappa shape index (κ1) is 14.8. The van der Waals surface area contributed by atoms with E-state index in [0.717, 1.165) is 6.26 Å². The van der Waals surface area contributed by atoms with Crippen LogP contribution in [0, 0.1) is 0 Å². The Morgan fingerprint density at radius 1 is 1.11 bits per heavy atom. The van der Waals surface area contributed by atoms with Crippen LogP contribution >= 0.6 is 0 Å². The van der Waals surface area contributed by atoms with E-state index in [2.05, 4.69) is 0 Å². The van der Waals surface area contributed by atoms with Crippen molar-refractivity contribution in [3.63, 3.8) is 0 Å². The summed E-state index contributed by atoms with van der Waals surface area (Å²) in [6.07, 6.45) is 1.12. The van der Waals surface area contributed by atoms with Gasteiger partial charge in [0.1, 0.15) is 16.4 Å². The quantitative estimate of drug-likeness (QED) is 0.894. The highest BCUT2D eigenvalue weighted by Gasteiger charge is 2.30. The van der Waals surface area contributed by atoms with Crippen LogP contribution in [0.25, 0.3) is 0 Å². The predicted molar refractivity (Wildman–Crippen MR) is 69.9 cm³/mol. The lowest BCUT2D eigenvalue weighted by atomic mass is 9.94. The third kappa shape index (κ3) is 2.76. The van der Waals surface area contributed by atoms with Gasteiger partial charge in [0.25, 0.3) is 0 Å². The van der Waals surface area contributed by atoms with Gasteiger partial charge in [-0.2, -0.15) is 0 Å². The Morgan fingerprint density at radius 3 is 1.89 bits per heavy atom. The summed E-state index contributed by atoms with van der Waals surface area (Å²) >= 11 is 0. The summed E-state index contributed by atoms with van der Waals surface area (Å²) in [7, 11) is -0.581. The number of sulfone groups is 1. The Kier molecular flexibility index (Phi) is 3.92. The van der Waals surface area contributed by atoms with Crippen LogP contribution in [0.2, 0.25) is 0 Å². The molecule has 1 rings (SSSR count). The average Bonchev–Trinajstić information content (AvgIpc) is 2.24. The number of benzene rings is 1. The van der Waals surface area contributed by atoms with E-state index in [-0.39, 0.29) is 10.6 Å². The third-order valence-electron chi connectivity index (χ3n) is 2.54. The van der Waals surface area contributed by atoms with E-state index in [1.54, 1.807) is 26.0 Å². The molecule has 0 radical (unpaired) electrons. The molecule has 0 saturated carbocycles. The molecule has 0 aliphatic heterocycles. The molecule has 1 aromatic carbocycles. The van der Waals surface area contributed by atoms with Gasteiger partial charge in [0, 0.05) is 17.4 Å². The van der Waals surface area contributed by atoms with Gasteiger partial charge < -0.3 is 15.2 Å². The molecule has 18 heavy (non-hydrogen) atoms. The SMILES string of the molecule is COc1ccc(OC)c(S(C)(=O)=O)c1C(C)(C)N. The highest BCUT2D eigenvalue weighted by molar-refractivity contribution is 7.90. The lowest BCUT2D eigenvalue weighted by Gasteiger charge is -2.26. The fourth-order valence-corrected chi connectivity index (χ4v) is 3.11. The highest BCUT2D eigenvalue weighted by atomic mass is 32.2. The lowest BCUT2D eigenvalue weighted by Crippen LogP contribution is -2.31. The van der Waals surface area contributed by atoms with Gasteiger partial charge in [-0.15, -0.1) is 0 Å². The summed E-state index contributed by atoms with van der Waals surface area (Å²) in [5, 5.41) is 0. The van der Waals surface area contributed by atoms with Gasteiger partial charge in [-0.3, -0.25) is 0 Å². The molecule has 0 amide bonds. The molecular formula is C12H19NO4S. The Hall–Kier alpha value is -1.27. The van der Waals surface area contributed by atoms with Crippen LogP contribution < -0.4 is 15.2 Å². The fraction of sp³-hybridized carbons (Fsp3) is 0.500. The molecule has 0 aliphatic rings. The predicted octanol–water partition coefficient (Wildman–Crippen LogP) is 1.30. The minimum atomic E-state index is -3.48. The van der Waals surface area contributed by atoms with Crippen molar-refractivity contribution in [2.75, 3.05) is 20.5 Å². The molecule has 0 atom stereocenters. The molecule has 102 valence electrons. The van der Waals surface area contributed by atoms with Crippen molar-refractivity contribution < 1.29 is 17.9 Å². The van der Waals surface area contributed by atoms with Crippen LogP contribution in [0.3, 0.4) is 0 Å². The molecule has 6 heteroatoms. The van der Waals surface area contributed by atoms with E-state index in [1.165, 1.54) is 14.2 Å². The Bertz CT molecular complexity index is 544. The standard InChI is InChI=1S/C12H19NO4S/c1-12(2,13)10-8(16-3)6-7-9(17-4)11(10)18(5,14)15/h6-7H,13H2,1-5H3. The summed E-state index contributed by atoms with van der Waals surface area (Å²) in [6, 6.07) is 3.21. The molecule has 0 aromatic heterocycles. The number of hydrogen-bond donors (Lipinski definition) is 1. The average molecular weight is 273 g/mol. The van der Waals surface area contributed by atoms with Crippen LogP contribution in [-0.4, -0.2) is 28.9 Å². The van der Waals surface area contributed by atoms with Gasteiger partial charge in [0.05, 0.1) is 14.2 Å². The normalized spacial score (nSPS) is 12.3. The van der Waals surface area contributed by atoms with E-state index >= 15 is 0 Å². The van der Waals surface area contributed by atoms with E-state index in [1.807, 2.05) is 0 Å². The van der Waals surface area contributed by atoms with Crippen LogP contribution in [0.5, 0.6) is 11.5 Å². The molecule has 0 saturated heterocycles. The number of methoxy groups -OCH3 is 2. The van der Waals surface area contributed by atoms with Gasteiger partial charge >= 0.3 is 0 Å². The van der Waals surface area contributed by atoms with E-state index in [4.69, 9.17) is 15.2 Å². The Balaban J connectivity index is 3.83. The summed E-state index contributed by atoms with van der Waals surface area (Å²) in [4.78, 5) is 0.0804. The summed E-state index contributed by atoms with van der Waals surface area (Å²) in [6.45, 7) is 3.44. The maximum atomic E-state index is 12.0.